The number of carboxylic acid groups (broad SMARTS) is 1. The van der Waals surface area contributed by atoms with E-state index < -0.39 is 5.97 Å². The van der Waals surface area contributed by atoms with Crippen LogP contribution in [0, 0.1) is 0 Å². The number of aromatic nitrogens is 2. The highest BCUT2D eigenvalue weighted by molar-refractivity contribution is 7.09. The monoisotopic (exact) mass is 220 g/mol. The Bertz CT molecular complexity index is 468. The summed E-state index contributed by atoms with van der Waals surface area (Å²) in [7, 11) is 0. The van der Waals surface area contributed by atoms with Crippen molar-refractivity contribution in [2.75, 3.05) is 0 Å². The molecule has 0 unspecified atom stereocenters. The first-order valence-electron chi connectivity index (χ1n) is 4.32. The molecule has 0 aliphatic carbocycles. The van der Waals surface area contributed by atoms with E-state index in [1.54, 1.807) is 11.3 Å². The molecule has 15 heavy (non-hydrogen) atoms. The Morgan fingerprint density at radius 3 is 2.87 bits per heavy atom. The molecule has 0 aromatic carbocycles. The topological polar surface area (TPSA) is 63.1 Å². The molecule has 0 atom stereocenters. The van der Waals surface area contributed by atoms with E-state index in [-0.39, 0.29) is 5.56 Å². The smallest absolute Gasteiger partial charge is 0.337 e. The fourth-order valence-corrected chi connectivity index (χ4v) is 2.01. The lowest BCUT2D eigenvalue weighted by Crippen LogP contribution is -2.04. The summed E-state index contributed by atoms with van der Waals surface area (Å²) in [5.41, 5.74) is 0.915. The second-order valence-corrected chi connectivity index (χ2v) is 4.02. The van der Waals surface area contributed by atoms with Crippen molar-refractivity contribution in [2.24, 2.45) is 0 Å². The molecule has 5 heteroatoms. The number of aromatic carboxylic acids is 1. The maximum absolute atomic E-state index is 10.9. The standard InChI is InChI=1S/C10H8N2O2S/c13-10(14)9-6-12-11-5-7(9)4-8-2-1-3-15-8/h1-3,5-6H,4H2,(H,13,14). The molecular formula is C10H8N2O2S. The van der Waals surface area contributed by atoms with E-state index in [1.165, 1.54) is 12.4 Å². The van der Waals surface area contributed by atoms with Crippen LogP contribution < -0.4 is 0 Å². The maximum atomic E-state index is 10.9. The zero-order valence-electron chi connectivity index (χ0n) is 7.75. The predicted molar refractivity (Wildman–Crippen MR) is 56.1 cm³/mol. The van der Waals surface area contributed by atoms with Crippen LogP contribution in [0.15, 0.2) is 29.9 Å². The van der Waals surface area contributed by atoms with Crippen LogP contribution in [0.25, 0.3) is 0 Å². The Hall–Kier alpha value is -1.75. The van der Waals surface area contributed by atoms with Crippen LogP contribution >= 0.6 is 11.3 Å². The molecule has 0 radical (unpaired) electrons. The van der Waals surface area contributed by atoms with Crippen LogP contribution in [-0.4, -0.2) is 21.3 Å². The van der Waals surface area contributed by atoms with E-state index in [9.17, 15) is 4.79 Å². The first-order valence-corrected chi connectivity index (χ1v) is 5.20. The van der Waals surface area contributed by atoms with Crippen LogP contribution in [0.1, 0.15) is 20.8 Å². The first-order chi connectivity index (χ1) is 7.27. The summed E-state index contributed by atoms with van der Waals surface area (Å²) in [6.45, 7) is 0. The van der Waals surface area contributed by atoms with Crippen molar-refractivity contribution in [1.82, 2.24) is 10.2 Å². The van der Waals surface area contributed by atoms with Crippen LogP contribution in [-0.2, 0) is 6.42 Å². The highest BCUT2D eigenvalue weighted by Crippen LogP contribution is 2.16. The Morgan fingerprint density at radius 1 is 1.40 bits per heavy atom. The molecule has 2 aromatic rings. The van der Waals surface area contributed by atoms with Crippen LogP contribution in [0.3, 0.4) is 0 Å². The normalized spacial score (nSPS) is 10.1. The third-order valence-electron chi connectivity index (χ3n) is 1.99. The summed E-state index contributed by atoms with van der Waals surface area (Å²) in [4.78, 5) is 12.0. The molecule has 0 saturated carbocycles. The van der Waals surface area contributed by atoms with E-state index in [2.05, 4.69) is 10.2 Å². The molecular weight excluding hydrogens is 212 g/mol. The van der Waals surface area contributed by atoms with E-state index in [1.807, 2.05) is 17.5 Å². The van der Waals surface area contributed by atoms with Crippen molar-refractivity contribution in [2.45, 2.75) is 6.42 Å². The zero-order valence-corrected chi connectivity index (χ0v) is 8.57. The summed E-state index contributed by atoms with van der Waals surface area (Å²) in [5, 5.41) is 18.2. The van der Waals surface area contributed by atoms with Crippen molar-refractivity contribution in [3.63, 3.8) is 0 Å². The molecule has 0 aliphatic heterocycles. The minimum absolute atomic E-state index is 0.221. The molecule has 0 bridgehead atoms. The van der Waals surface area contributed by atoms with Crippen molar-refractivity contribution >= 4 is 17.3 Å². The fraction of sp³-hybridized carbons (Fsp3) is 0.100. The van der Waals surface area contributed by atoms with Gasteiger partial charge >= 0.3 is 5.97 Å². The summed E-state index contributed by atoms with van der Waals surface area (Å²) in [6, 6.07) is 3.91. The molecule has 0 spiro atoms. The number of carbonyl (C=O) groups is 1. The molecule has 2 heterocycles. The van der Waals surface area contributed by atoms with Gasteiger partial charge in [-0.25, -0.2) is 4.79 Å². The summed E-state index contributed by atoms with van der Waals surface area (Å²) < 4.78 is 0. The largest absolute Gasteiger partial charge is 0.478 e. The van der Waals surface area contributed by atoms with Gasteiger partial charge in [0.05, 0.1) is 18.0 Å². The lowest BCUT2D eigenvalue weighted by molar-refractivity contribution is 0.0695. The third-order valence-corrected chi connectivity index (χ3v) is 2.86. The van der Waals surface area contributed by atoms with Crippen molar-refractivity contribution in [3.05, 3.63) is 45.9 Å². The maximum Gasteiger partial charge on any atom is 0.337 e. The summed E-state index contributed by atoms with van der Waals surface area (Å²) >= 11 is 1.60. The molecule has 0 saturated heterocycles. The third kappa shape index (κ3) is 2.19. The predicted octanol–water partition coefficient (Wildman–Crippen LogP) is 1.83. The fourth-order valence-electron chi connectivity index (χ4n) is 1.28. The molecule has 76 valence electrons. The quantitative estimate of drug-likeness (QED) is 0.857. The van der Waals surface area contributed by atoms with E-state index in [4.69, 9.17) is 5.11 Å². The van der Waals surface area contributed by atoms with Gasteiger partial charge in [-0.3, -0.25) is 0 Å². The number of thiophene rings is 1. The van der Waals surface area contributed by atoms with Gasteiger partial charge in [-0.2, -0.15) is 10.2 Å². The minimum Gasteiger partial charge on any atom is -0.478 e. The van der Waals surface area contributed by atoms with Gasteiger partial charge in [0, 0.05) is 11.3 Å². The molecule has 2 aromatic heterocycles. The van der Waals surface area contributed by atoms with E-state index >= 15 is 0 Å². The summed E-state index contributed by atoms with van der Waals surface area (Å²) in [5.74, 6) is -0.962. The Morgan fingerprint density at radius 2 is 2.20 bits per heavy atom. The highest BCUT2D eigenvalue weighted by atomic mass is 32.1. The van der Waals surface area contributed by atoms with Crippen LogP contribution in [0.4, 0.5) is 0 Å². The lowest BCUT2D eigenvalue weighted by Gasteiger charge is -2.01. The number of rotatable bonds is 3. The number of hydrogen-bond acceptors (Lipinski definition) is 4. The average Bonchev–Trinajstić information content (AvgIpc) is 2.71. The van der Waals surface area contributed by atoms with E-state index in [0.717, 1.165) is 4.88 Å². The SMILES string of the molecule is O=C(O)c1cnncc1Cc1cccs1. The molecule has 0 fully saturated rings. The number of nitrogens with zero attached hydrogens (tertiary/aromatic N) is 2. The number of carboxylic acids is 1. The molecule has 0 amide bonds. The Balaban J connectivity index is 2.32. The van der Waals surface area contributed by atoms with Crippen molar-refractivity contribution < 1.29 is 9.90 Å². The van der Waals surface area contributed by atoms with Gasteiger partial charge in [-0.05, 0) is 17.0 Å². The molecule has 4 nitrogen and oxygen atoms in total. The van der Waals surface area contributed by atoms with Gasteiger partial charge in [-0.15, -0.1) is 11.3 Å². The van der Waals surface area contributed by atoms with Crippen molar-refractivity contribution in [1.29, 1.82) is 0 Å². The summed E-state index contributed by atoms with van der Waals surface area (Å²) in [6.07, 6.45) is 3.38. The first kappa shape index (κ1) is 9.79. The second kappa shape index (κ2) is 4.18. The lowest BCUT2D eigenvalue weighted by atomic mass is 10.1. The second-order valence-electron chi connectivity index (χ2n) is 2.99. The molecule has 1 N–H and O–H groups in total. The number of hydrogen-bond donors (Lipinski definition) is 1. The van der Waals surface area contributed by atoms with Gasteiger partial charge in [0.25, 0.3) is 0 Å². The van der Waals surface area contributed by atoms with Crippen molar-refractivity contribution in [3.8, 4) is 0 Å². The van der Waals surface area contributed by atoms with E-state index in [0.29, 0.717) is 12.0 Å². The van der Waals surface area contributed by atoms with Gasteiger partial charge < -0.3 is 5.11 Å². The van der Waals surface area contributed by atoms with Crippen LogP contribution in [0.2, 0.25) is 0 Å². The Kier molecular flexibility index (Phi) is 2.73. The molecule has 2 rings (SSSR count). The highest BCUT2D eigenvalue weighted by Gasteiger charge is 2.10. The Labute approximate surface area is 90.2 Å². The van der Waals surface area contributed by atoms with Gasteiger partial charge in [0.15, 0.2) is 0 Å². The van der Waals surface area contributed by atoms with Gasteiger partial charge in [0.1, 0.15) is 0 Å². The van der Waals surface area contributed by atoms with Crippen LogP contribution in [0.5, 0.6) is 0 Å². The van der Waals surface area contributed by atoms with Gasteiger partial charge in [0.2, 0.25) is 0 Å². The molecule has 0 aliphatic rings. The average molecular weight is 220 g/mol. The van der Waals surface area contributed by atoms with Gasteiger partial charge in [-0.1, -0.05) is 6.07 Å². The minimum atomic E-state index is -0.962. The zero-order chi connectivity index (χ0) is 10.7.